The predicted octanol–water partition coefficient (Wildman–Crippen LogP) is 0.809. The van der Waals surface area contributed by atoms with Crippen LogP contribution in [-0.4, -0.2) is 27.0 Å². The second-order valence-corrected chi connectivity index (χ2v) is 2.86. The lowest BCUT2D eigenvalue weighted by atomic mass is 10.2. The van der Waals surface area contributed by atoms with Gasteiger partial charge in [0.2, 0.25) is 0 Å². The van der Waals surface area contributed by atoms with Crippen LogP contribution in [0.3, 0.4) is 0 Å². The molecule has 0 amide bonds. The van der Waals surface area contributed by atoms with Crippen molar-refractivity contribution in [2.24, 2.45) is 0 Å². The zero-order valence-corrected chi connectivity index (χ0v) is 7.42. The van der Waals surface area contributed by atoms with Gasteiger partial charge in [-0.15, -0.1) is 10.2 Å². The maximum absolute atomic E-state index is 9.17. The van der Waals surface area contributed by atoms with Crippen molar-refractivity contribution >= 4 is 23.2 Å². The Morgan fingerprint density at radius 3 is 2.67 bits per heavy atom. The number of aliphatic hydroxyl groups excluding tert-OH is 2. The molecule has 0 bridgehead atoms. The summed E-state index contributed by atoms with van der Waals surface area (Å²) >= 11 is 11.1. The van der Waals surface area contributed by atoms with Gasteiger partial charge in [-0.3, -0.25) is 0 Å². The summed E-state index contributed by atoms with van der Waals surface area (Å²) in [6, 6.07) is 1.36. The second kappa shape index (κ2) is 4.00. The molecule has 1 rings (SSSR count). The highest BCUT2D eigenvalue weighted by Gasteiger charge is 2.12. The molecule has 0 radical (unpaired) electrons. The molecule has 0 aromatic carbocycles. The fourth-order valence-corrected chi connectivity index (χ4v) is 1.07. The van der Waals surface area contributed by atoms with Crippen molar-refractivity contribution in [3.63, 3.8) is 0 Å². The van der Waals surface area contributed by atoms with E-state index in [4.69, 9.17) is 28.3 Å². The van der Waals surface area contributed by atoms with Crippen LogP contribution in [-0.2, 0) is 0 Å². The molecule has 0 aliphatic carbocycles. The summed E-state index contributed by atoms with van der Waals surface area (Å²) in [6.45, 7) is -0.429. The molecule has 0 saturated heterocycles. The van der Waals surface area contributed by atoms with Gasteiger partial charge in [0.15, 0.2) is 10.3 Å². The fraction of sp³-hybridized carbons (Fsp3) is 0.333. The lowest BCUT2D eigenvalue weighted by Crippen LogP contribution is -2.04. The van der Waals surface area contributed by atoms with Crippen LogP contribution in [0.25, 0.3) is 0 Å². The lowest BCUT2D eigenvalue weighted by Gasteiger charge is -2.07. The normalized spacial score (nSPS) is 13.0. The van der Waals surface area contributed by atoms with Gasteiger partial charge in [-0.05, 0) is 6.07 Å². The topological polar surface area (TPSA) is 66.2 Å². The van der Waals surface area contributed by atoms with Gasteiger partial charge in [-0.25, -0.2) is 0 Å². The van der Waals surface area contributed by atoms with Gasteiger partial charge >= 0.3 is 0 Å². The van der Waals surface area contributed by atoms with Crippen LogP contribution in [0.4, 0.5) is 0 Å². The van der Waals surface area contributed by atoms with E-state index < -0.39 is 12.7 Å². The maximum Gasteiger partial charge on any atom is 0.157 e. The molecular weight excluding hydrogens is 203 g/mol. The van der Waals surface area contributed by atoms with E-state index in [-0.39, 0.29) is 15.9 Å². The summed E-state index contributed by atoms with van der Waals surface area (Å²) in [5.41, 5.74) is 0.277. The summed E-state index contributed by atoms with van der Waals surface area (Å²) in [4.78, 5) is 0. The molecule has 66 valence electrons. The van der Waals surface area contributed by atoms with E-state index in [2.05, 4.69) is 10.2 Å². The van der Waals surface area contributed by atoms with Crippen LogP contribution >= 0.6 is 23.2 Å². The Bertz CT molecular complexity index is 282. The van der Waals surface area contributed by atoms with Crippen molar-refractivity contribution in [3.05, 3.63) is 21.9 Å². The van der Waals surface area contributed by atoms with Crippen LogP contribution in [0.1, 0.15) is 11.7 Å². The molecule has 1 aromatic rings. The molecule has 0 spiro atoms. The molecule has 0 aliphatic heterocycles. The highest BCUT2D eigenvalue weighted by atomic mass is 35.5. The monoisotopic (exact) mass is 208 g/mol. The van der Waals surface area contributed by atoms with Crippen LogP contribution in [0.15, 0.2) is 6.07 Å². The zero-order chi connectivity index (χ0) is 9.14. The second-order valence-electron chi connectivity index (χ2n) is 2.11. The third-order valence-electron chi connectivity index (χ3n) is 1.28. The molecule has 1 aromatic heterocycles. The molecule has 1 unspecified atom stereocenters. The highest BCUT2D eigenvalue weighted by Crippen LogP contribution is 2.21. The zero-order valence-electron chi connectivity index (χ0n) is 5.91. The Labute approximate surface area is 78.8 Å². The Hall–Kier alpha value is -0.420. The van der Waals surface area contributed by atoms with E-state index in [0.29, 0.717) is 0 Å². The number of hydrogen-bond acceptors (Lipinski definition) is 4. The van der Waals surface area contributed by atoms with Crippen LogP contribution < -0.4 is 0 Å². The summed E-state index contributed by atoms with van der Waals surface area (Å²) in [5.74, 6) is 0. The van der Waals surface area contributed by atoms with Gasteiger partial charge in [-0.2, -0.15) is 0 Å². The predicted molar refractivity (Wildman–Crippen MR) is 44.1 cm³/mol. The van der Waals surface area contributed by atoms with Crippen LogP contribution in [0.5, 0.6) is 0 Å². The summed E-state index contributed by atoms with van der Waals surface area (Å²) in [5, 5.41) is 24.9. The van der Waals surface area contributed by atoms with E-state index in [1.807, 2.05) is 0 Å². The number of hydrogen-bond donors (Lipinski definition) is 2. The smallest absolute Gasteiger partial charge is 0.157 e. The summed E-state index contributed by atoms with van der Waals surface area (Å²) in [6.07, 6.45) is -1.06. The average Bonchev–Trinajstić information content (AvgIpc) is 2.08. The first-order valence-electron chi connectivity index (χ1n) is 3.12. The van der Waals surface area contributed by atoms with Crippen molar-refractivity contribution in [2.75, 3.05) is 6.61 Å². The van der Waals surface area contributed by atoms with Crippen molar-refractivity contribution < 1.29 is 10.2 Å². The molecule has 0 saturated carbocycles. The third-order valence-corrected chi connectivity index (χ3v) is 1.76. The van der Waals surface area contributed by atoms with E-state index in [0.717, 1.165) is 0 Å². The number of halogens is 2. The Morgan fingerprint density at radius 2 is 2.08 bits per heavy atom. The minimum atomic E-state index is -1.06. The van der Waals surface area contributed by atoms with E-state index in [1.54, 1.807) is 0 Å². The minimum Gasteiger partial charge on any atom is -0.393 e. The first-order valence-corrected chi connectivity index (χ1v) is 3.88. The van der Waals surface area contributed by atoms with Gasteiger partial charge in [0.25, 0.3) is 0 Å². The lowest BCUT2D eigenvalue weighted by molar-refractivity contribution is 0.0953. The molecule has 0 aliphatic rings. The molecule has 12 heavy (non-hydrogen) atoms. The van der Waals surface area contributed by atoms with Crippen molar-refractivity contribution in [3.8, 4) is 0 Å². The van der Waals surface area contributed by atoms with Crippen LogP contribution in [0.2, 0.25) is 10.3 Å². The third kappa shape index (κ3) is 2.04. The molecule has 4 nitrogen and oxygen atoms in total. The van der Waals surface area contributed by atoms with E-state index in [1.165, 1.54) is 6.07 Å². The van der Waals surface area contributed by atoms with Gasteiger partial charge in [-0.1, -0.05) is 23.2 Å². The maximum atomic E-state index is 9.17. The first kappa shape index (κ1) is 9.67. The Balaban J connectivity index is 3.04. The standard InChI is InChI=1S/C6H6Cl2N2O2/c7-5-1-3(4(12)2-11)6(8)10-9-5/h1,4,11-12H,2H2. The van der Waals surface area contributed by atoms with Gasteiger partial charge in [0, 0.05) is 5.56 Å². The van der Waals surface area contributed by atoms with Gasteiger partial charge in [0.05, 0.1) is 6.61 Å². The molecule has 1 atom stereocenters. The Morgan fingerprint density at radius 1 is 1.42 bits per heavy atom. The van der Waals surface area contributed by atoms with E-state index in [9.17, 15) is 5.11 Å². The molecule has 2 N–H and O–H groups in total. The van der Waals surface area contributed by atoms with Crippen molar-refractivity contribution in [1.29, 1.82) is 0 Å². The number of rotatable bonds is 2. The van der Waals surface area contributed by atoms with E-state index >= 15 is 0 Å². The Kier molecular flexibility index (Phi) is 3.22. The van der Waals surface area contributed by atoms with Crippen molar-refractivity contribution in [1.82, 2.24) is 10.2 Å². The van der Waals surface area contributed by atoms with Gasteiger partial charge < -0.3 is 10.2 Å². The number of nitrogens with zero attached hydrogens (tertiary/aromatic N) is 2. The van der Waals surface area contributed by atoms with Gasteiger partial charge in [0.1, 0.15) is 6.10 Å². The summed E-state index contributed by atoms with van der Waals surface area (Å²) < 4.78 is 0. The molecule has 0 fully saturated rings. The molecule has 6 heteroatoms. The minimum absolute atomic E-state index is 0.0425. The fourth-order valence-electron chi connectivity index (χ4n) is 0.698. The molecular formula is C6H6Cl2N2O2. The summed E-state index contributed by atoms with van der Waals surface area (Å²) in [7, 11) is 0. The average molecular weight is 209 g/mol. The largest absolute Gasteiger partial charge is 0.393 e. The van der Waals surface area contributed by atoms with Crippen molar-refractivity contribution in [2.45, 2.75) is 6.10 Å². The van der Waals surface area contributed by atoms with Crippen LogP contribution in [0, 0.1) is 0 Å². The highest BCUT2D eigenvalue weighted by molar-refractivity contribution is 6.31. The SMILES string of the molecule is OCC(O)c1cc(Cl)nnc1Cl. The molecule has 1 heterocycles. The number of aliphatic hydroxyl groups is 2. The number of aromatic nitrogens is 2. The first-order chi connectivity index (χ1) is 5.65. The quantitative estimate of drug-likeness (QED) is 0.756.